The van der Waals surface area contributed by atoms with Gasteiger partial charge >= 0.3 is 0 Å². The van der Waals surface area contributed by atoms with Crippen LogP contribution in [0, 0.1) is 5.41 Å². The number of nitrogens with zero attached hydrogens (tertiary/aromatic N) is 3. The Balaban J connectivity index is 1.15. The van der Waals surface area contributed by atoms with Crippen LogP contribution < -0.4 is 31.1 Å². The lowest BCUT2D eigenvalue weighted by Crippen LogP contribution is -2.62. The number of anilines is 8. The molecule has 0 radical (unpaired) electrons. The van der Waals surface area contributed by atoms with Crippen LogP contribution in [0.4, 0.5) is 45.5 Å². The first-order chi connectivity index (χ1) is 38.4. The van der Waals surface area contributed by atoms with Crippen LogP contribution in [0.3, 0.4) is 0 Å². The molecule has 14 rings (SSSR count). The summed E-state index contributed by atoms with van der Waals surface area (Å²) in [5, 5.41) is 0. The molecule has 1 saturated carbocycles. The normalized spacial score (nSPS) is 26.1. The van der Waals surface area contributed by atoms with Crippen molar-refractivity contribution in [1.29, 1.82) is 0 Å². The van der Waals surface area contributed by atoms with E-state index >= 15 is 0 Å². The van der Waals surface area contributed by atoms with E-state index in [2.05, 4.69) is 251 Å². The molecule has 3 aliphatic heterocycles. The summed E-state index contributed by atoms with van der Waals surface area (Å²) >= 11 is 0. The van der Waals surface area contributed by atoms with Crippen LogP contribution in [0.15, 0.2) is 91.0 Å². The third kappa shape index (κ3) is 7.79. The summed E-state index contributed by atoms with van der Waals surface area (Å²) in [5.74, 6) is 0. The third-order valence-electron chi connectivity index (χ3n) is 24.5. The van der Waals surface area contributed by atoms with Crippen molar-refractivity contribution in [1.82, 2.24) is 0 Å². The van der Waals surface area contributed by atoms with Gasteiger partial charge in [-0.15, -0.1) is 0 Å². The number of hydrogen-bond donors (Lipinski definition) is 0. The Morgan fingerprint density at radius 3 is 1.42 bits per heavy atom. The Bertz CT molecular complexity index is 3790. The molecular formula is C79H100BN3. The molecule has 83 heavy (non-hydrogen) atoms. The van der Waals surface area contributed by atoms with E-state index in [1.54, 1.807) is 11.1 Å². The molecule has 3 nitrogen and oxygen atoms in total. The zero-order chi connectivity index (χ0) is 59.3. The van der Waals surface area contributed by atoms with Crippen LogP contribution in [0.1, 0.15) is 265 Å². The van der Waals surface area contributed by atoms with Crippen LogP contribution in [0.5, 0.6) is 0 Å². The summed E-state index contributed by atoms with van der Waals surface area (Å²) < 4.78 is 0. The maximum atomic E-state index is 2.91. The summed E-state index contributed by atoms with van der Waals surface area (Å²) in [4.78, 5) is 8.55. The molecule has 3 heterocycles. The van der Waals surface area contributed by atoms with Crippen LogP contribution >= 0.6 is 0 Å². The number of rotatable bonds is 3. The second kappa shape index (κ2) is 16.8. The molecule has 0 spiro atoms. The average molecular weight is 1100 g/mol. The highest BCUT2D eigenvalue weighted by Crippen LogP contribution is 2.63. The first kappa shape index (κ1) is 55.6. The highest BCUT2D eigenvalue weighted by molar-refractivity contribution is 7.00. The molecule has 0 bridgehead atoms. The molecule has 6 aromatic rings. The molecule has 2 unspecified atom stereocenters. The first-order valence-electron chi connectivity index (χ1n) is 32.8. The van der Waals surface area contributed by atoms with E-state index < -0.39 is 0 Å². The second-order valence-electron chi connectivity index (χ2n) is 35.5. The van der Waals surface area contributed by atoms with Crippen molar-refractivity contribution in [3.63, 3.8) is 0 Å². The van der Waals surface area contributed by atoms with Crippen molar-refractivity contribution in [2.24, 2.45) is 5.41 Å². The first-order valence-corrected chi connectivity index (χ1v) is 32.8. The topological polar surface area (TPSA) is 9.72 Å². The molecule has 0 amide bonds. The summed E-state index contributed by atoms with van der Waals surface area (Å²) in [6, 6.07) is 39.6. The summed E-state index contributed by atoms with van der Waals surface area (Å²) in [5.41, 5.74) is 30.7. The molecule has 4 heteroatoms. The SMILES string of the molecule is CC1(C)Cc2cc3c(cc2C(C)(C)C1)B1c2cc4c(cc2N(c2ccc5c(c2)C(C)(C)CCC5(C)C)c2cc(N5c6ccc(C(C)(C)C)cc6C6(C)CCCCC56C)cc(c21)N3c1ccc2c(c1)C(C)(C)CC2(C)C)C(C)(C)CCC4(C)C. The maximum Gasteiger partial charge on any atom is 0.252 e. The summed E-state index contributed by atoms with van der Waals surface area (Å²) in [6.45, 7) is 52.8. The van der Waals surface area contributed by atoms with Crippen LogP contribution in [-0.2, 0) is 55.2 Å². The average Bonchev–Trinajstić information content (AvgIpc) is 1.85. The molecule has 8 aliphatic rings. The predicted molar refractivity (Wildman–Crippen MR) is 358 cm³/mol. The number of benzene rings is 6. The standard InChI is InChI=1S/C79H100BN3/c1-69(2,3)49-24-29-63-60(37-49)78(20)30-22-23-31-79(78,21)83(63)52-40-66-68-67(41-52)82(50-25-27-53-56(38-50)72(8,9)33-32-71(53,6)7)65-44-59-58(73(10,11)34-35-74(59,12)13)43-62(65)80(68)61-42-55-48(45-70(4,5)46-75(55,14)15)36-64(61)81(66)51-26-28-54-57(39-51)77(18,19)47-76(54,16)17/h24-29,36-44H,22-23,30-35,45-47H2,1-21H3. The van der Waals surface area contributed by atoms with Gasteiger partial charge in [-0.2, -0.15) is 0 Å². The largest absolute Gasteiger partial charge is 0.334 e. The van der Waals surface area contributed by atoms with Gasteiger partial charge in [0.1, 0.15) is 0 Å². The minimum atomic E-state index is -0.144. The monoisotopic (exact) mass is 1100 g/mol. The Morgan fingerprint density at radius 2 is 0.843 bits per heavy atom. The van der Waals surface area contributed by atoms with E-state index in [0.717, 1.165) is 19.3 Å². The van der Waals surface area contributed by atoms with Crippen molar-refractivity contribution in [2.45, 2.75) is 270 Å². The Hall–Kier alpha value is -5.22. The zero-order valence-corrected chi connectivity index (χ0v) is 55.4. The van der Waals surface area contributed by atoms with Crippen molar-refractivity contribution in [3.05, 3.63) is 147 Å². The number of hydrogen-bond acceptors (Lipinski definition) is 3. The van der Waals surface area contributed by atoms with E-state index in [0.29, 0.717) is 0 Å². The highest BCUT2D eigenvalue weighted by atomic mass is 15.3. The fourth-order valence-corrected chi connectivity index (χ4v) is 19.9. The lowest BCUT2D eigenvalue weighted by atomic mass is 9.32. The fourth-order valence-electron chi connectivity index (χ4n) is 19.9. The van der Waals surface area contributed by atoms with Crippen molar-refractivity contribution >= 4 is 68.6 Å². The van der Waals surface area contributed by atoms with Gasteiger partial charge < -0.3 is 14.7 Å². The molecule has 5 aliphatic carbocycles. The fraction of sp³-hybridized carbons (Fsp3) is 0.544. The predicted octanol–water partition coefficient (Wildman–Crippen LogP) is 19.7. The Kier molecular flexibility index (Phi) is 11.3. The van der Waals surface area contributed by atoms with Gasteiger partial charge in [0.25, 0.3) is 6.71 Å². The van der Waals surface area contributed by atoms with Gasteiger partial charge in [0.2, 0.25) is 0 Å². The van der Waals surface area contributed by atoms with Crippen LogP contribution in [-0.4, -0.2) is 12.3 Å². The van der Waals surface area contributed by atoms with Crippen molar-refractivity contribution in [2.75, 3.05) is 14.7 Å². The molecule has 6 aromatic carbocycles. The van der Waals surface area contributed by atoms with Crippen LogP contribution in [0.2, 0.25) is 0 Å². The minimum Gasteiger partial charge on any atom is -0.334 e. The molecule has 434 valence electrons. The number of fused-ring (bicyclic) bond motifs is 11. The highest BCUT2D eigenvalue weighted by Gasteiger charge is 2.59. The van der Waals surface area contributed by atoms with E-state index in [1.807, 2.05) is 0 Å². The van der Waals surface area contributed by atoms with Gasteiger partial charge in [0, 0.05) is 50.9 Å². The van der Waals surface area contributed by atoms with Gasteiger partial charge in [-0.25, -0.2) is 0 Å². The van der Waals surface area contributed by atoms with Gasteiger partial charge in [-0.3, -0.25) is 0 Å². The smallest absolute Gasteiger partial charge is 0.252 e. The van der Waals surface area contributed by atoms with E-state index in [9.17, 15) is 0 Å². The maximum absolute atomic E-state index is 2.91. The lowest BCUT2D eigenvalue weighted by Gasteiger charge is -2.51. The quantitative estimate of drug-likeness (QED) is 0.163. The van der Waals surface area contributed by atoms with Crippen LogP contribution in [0.25, 0.3) is 0 Å². The Labute approximate surface area is 502 Å². The molecular weight excluding hydrogens is 1000 g/mol. The van der Waals surface area contributed by atoms with Gasteiger partial charge in [-0.05, 0) is 240 Å². The minimum absolute atomic E-state index is 0.0142. The van der Waals surface area contributed by atoms with Gasteiger partial charge in [0.15, 0.2) is 0 Å². The lowest BCUT2D eigenvalue weighted by molar-refractivity contribution is 0.195. The van der Waals surface area contributed by atoms with E-state index in [-0.39, 0.29) is 66.4 Å². The third-order valence-corrected chi connectivity index (χ3v) is 24.5. The molecule has 1 fully saturated rings. The second-order valence-corrected chi connectivity index (χ2v) is 35.5. The Morgan fingerprint density at radius 1 is 0.373 bits per heavy atom. The molecule has 2 atom stereocenters. The van der Waals surface area contributed by atoms with E-state index in [1.165, 1.54) is 158 Å². The zero-order valence-electron chi connectivity index (χ0n) is 55.4. The molecule has 0 saturated heterocycles. The summed E-state index contributed by atoms with van der Waals surface area (Å²) in [7, 11) is 0. The van der Waals surface area contributed by atoms with E-state index in [4.69, 9.17) is 0 Å². The van der Waals surface area contributed by atoms with Crippen molar-refractivity contribution < 1.29 is 0 Å². The van der Waals surface area contributed by atoms with Crippen molar-refractivity contribution in [3.8, 4) is 0 Å². The van der Waals surface area contributed by atoms with Gasteiger partial charge in [-0.1, -0.05) is 188 Å². The summed E-state index contributed by atoms with van der Waals surface area (Å²) in [6.07, 6.45) is 13.0. The molecule has 0 N–H and O–H groups in total. The van der Waals surface area contributed by atoms with Gasteiger partial charge in [0.05, 0.1) is 5.54 Å². The molecule has 0 aromatic heterocycles.